The zero-order valence-electron chi connectivity index (χ0n) is 17.8. The number of piperidine rings is 1. The van der Waals surface area contributed by atoms with Gasteiger partial charge in [0.25, 0.3) is 5.91 Å². The van der Waals surface area contributed by atoms with Crippen LogP contribution >= 0.6 is 12.4 Å². The molecule has 3 heterocycles. The van der Waals surface area contributed by atoms with Crippen molar-refractivity contribution in [3.05, 3.63) is 84.7 Å². The molecule has 0 N–H and O–H groups in total. The van der Waals surface area contributed by atoms with Gasteiger partial charge in [-0.1, -0.05) is 42.5 Å². The van der Waals surface area contributed by atoms with E-state index in [2.05, 4.69) is 16.8 Å². The number of nitrogens with zero attached hydrogens (tertiary/aromatic N) is 3. The number of halogens is 2. The number of rotatable bonds is 4. The first kappa shape index (κ1) is 22.2. The molecule has 2 atom stereocenters. The minimum atomic E-state index is -0.424. The molecule has 5 nitrogen and oxygen atoms in total. The molecule has 2 aliphatic rings. The van der Waals surface area contributed by atoms with E-state index in [9.17, 15) is 9.18 Å². The summed E-state index contributed by atoms with van der Waals surface area (Å²) in [6, 6.07) is 16.5. The summed E-state index contributed by atoms with van der Waals surface area (Å²) in [5.41, 5.74) is 2.11. The molecule has 1 fully saturated rings. The molecule has 1 amide bonds. The topological polar surface area (TPSA) is 49.6 Å². The number of amides is 1. The number of carbonyl (C=O) groups is 1. The van der Waals surface area contributed by atoms with E-state index in [0.717, 1.165) is 36.4 Å². The van der Waals surface area contributed by atoms with Gasteiger partial charge in [-0.25, -0.2) is 9.37 Å². The summed E-state index contributed by atoms with van der Waals surface area (Å²) in [5.74, 6) is 0.372. The van der Waals surface area contributed by atoms with Crippen LogP contribution in [0.4, 0.5) is 10.1 Å². The molecule has 1 aromatic heterocycles. The minimum Gasteiger partial charge on any atom is -0.443 e. The molecular formula is C25H25ClFN3O2. The molecule has 2 aromatic carbocycles. The second-order valence-electron chi connectivity index (χ2n) is 8.36. The molecule has 0 unspecified atom stereocenters. The van der Waals surface area contributed by atoms with Crippen molar-refractivity contribution in [2.75, 3.05) is 11.4 Å². The van der Waals surface area contributed by atoms with Gasteiger partial charge in [-0.15, -0.1) is 12.4 Å². The Balaban J connectivity index is 0.00000245. The number of likely N-dealkylation sites (tertiary alicyclic amines) is 1. The molecule has 0 aliphatic carbocycles. The molecule has 0 saturated carbocycles. The molecule has 7 heteroatoms. The standard InChI is InChI=1S/C25H24FN3O2.ClH/c1-18-15-25(11-10-23(30)29(25)21-9-5-8-20(26)14-21)12-13-28(18)16-22-24(31-17-27-22)19-6-3-2-4-7-19;/h2-11,14,17-18H,12-13,15-16H2,1H3;1H/t18-,25+;/m0./s1. The van der Waals surface area contributed by atoms with E-state index in [0.29, 0.717) is 12.2 Å². The Kier molecular flexibility index (Phi) is 6.17. The van der Waals surface area contributed by atoms with Gasteiger partial charge in [-0.2, -0.15) is 0 Å². The lowest BCUT2D eigenvalue weighted by Gasteiger charge is -2.47. The molecular weight excluding hydrogens is 429 g/mol. The normalized spacial score (nSPS) is 23.0. The molecule has 5 rings (SSSR count). The van der Waals surface area contributed by atoms with Gasteiger partial charge in [0.05, 0.1) is 5.54 Å². The van der Waals surface area contributed by atoms with Crippen molar-refractivity contribution < 1.29 is 13.6 Å². The Hall–Kier alpha value is -2.96. The highest BCUT2D eigenvalue weighted by atomic mass is 35.5. The van der Waals surface area contributed by atoms with Crippen molar-refractivity contribution in [2.45, 2.75) is 37.9 Å². The molecule has 166 valence electrons. The number of benzene rings is 2. The average Bonchev–Trinajstić information content (AvgIpc) is 3.35. The van der Waals surface area contributed by atoms with Crippen LogP contribution in [0.1, 0.15) is 25.5 Å². The Bertz CT molecular complexity index is 1130. The van der Waals surface area contributed by atoms with Crippen molar-refractivity contribution in [1.29, 1.82) is 0 Å². The van der Waals surface area contributed by atoms with Crippen molar-refractivity contribution in [2.24, 2.45) is 0 Å². The summed E-state index contributed by atoms with van der Waals surface area (Å²) in [6.07, 6.45) is 6.66. The number of oxazole rings is 1. The highest BCUT2D eigenvalue weighted by molar-refractivity contribution is 6.06. The Morgan fingerprint density at radius 3 is 2.75 bits per heavy atom. The van der Waals surface area contributed by atoms with E-state index < -0.39 is 5.54 Å². The SMILES string of the molecule is C[C@H]1C[C@@]2(C=CC(=O)N2c2cccc(F)c2)CCN1Cc1ncoc1-c1ccccc1.Cl. The van der Waals surface area contributed by atoms with Gasteiger partial charge in [0.1, 0.15) is 11.5 Å². The summed E-state index contributed by atoms with van der Waals surface area (Å²) < 4.78 is 19.5. The van der Waals surface area contributed by atoms with Crippen LogP contribution in [0.25, 0.3) is 11.3 Å². The van der Waals surface area contributed by atoms with Gasteiger partial charge in [0.2, 0.25) is 0 Å². The third-order valence-electron chi connectivity index (χ3n) is 6.40. The van der Waals surface area contributed by atoms with Crippen LogP contribution in [0.5, 0.6) is 0 Å². The minimum absolute atomic E-state index is 0. The highest BCUT2D eigenvalue weighted by Crippen LogP contribution is 2.41. The third kappa shape index (κ3) is 3.96. The Labute approximate surface area is 193 Å². The molecule has 0 bridgehead atoms. The van der Waals surface area contributed by atoms with E-state index in [4.69, 9.17) is 4.42 Å². The van der Waals surface area contributed by atoms with Gasteiger partial charge < -0.3 is 4.42 Å². The van der Waals surface area contributed by atoms with Gasteiger partial charge in [-0.05, 0) is 38.0 Å². The Morgan fingerprint density at radius 1 is 1.19 bits per heavy atom. The summed E-state index contributed by atoms with van der Waals surface area (Å²) in [7, 11) is 0. The van der Waals surface area contributed by atoms with E-state index >= 15 is 0 Å². The van der Waals surface area contributed by atoms with Crippen molar-refractivity contribution >= 4 is 24.0 Å². The molecule has 1 spiro atoms. The monoisotopic (exact) mass is 453 g/mol. The molecule has 3 aromatic rings. The van der Waals surface area contributed by atoms with E-state index in [-0.39, 0.29) is 30.2 Å². The maximum absolute atomic E-state index is 13.8. The van der Waals surface area contributed by atoms with Crippen LogP contribution in [0.2, 0.25) is 0 Å². The lowest BCUT2D eigenvalue weighted by Crippen LogP contribution is -2.56. The van der Waals surface area contributed by atoms with Crippen molar-refractivity contribution in [3.63, 3.8) is 0 Å². The molecule has 1 saturated heterocycles. The Morgan fingerprint density at radius 2 is 2.00 bits per heavy atom. The van der Waals surface area contributed by atoms with Gasteiger partial charge >= 0.3 is 0 Å². The van der Waals surface area contributed by atoms with Crippen LogP contribution in [0, 0.1) is 5.82 Å². The van der Waals surface area contributed by atoms with Crippen molar-refractivity contribution in [3.8, 4) is 11.3 Å². The lowest BCUT2D eigenvalue weighted by molar-refractivity contribution is -0.114. The fourth-order valence-electron chi connectivity index (χ4n) is 4.88. The average molecular weight is 454 g/mol. The smallest absolute Gasteiger partial charge is 0.251 e. The van der Waals surface area contributed by atoms with Gasteiger partial charge in [0, 0.05) is 36.5 Å². The molecule has 0 radical (unpaired) electrons. The van der Waals surface area contributed by atoms with Crippen LogP contribution in [-0.2, 0) is 11.3 Å². The van der Waals surface area contributed by atoms with Crippen LogP contribution in [0.3, 0.4) is 0 Å². The predicted octanol–water partition coefficient (Wildman–Crippen LogP) is 5.23. The van der Waals surface area contributed by atoms with Crippen LogP contribution in [-0.4, -0.2) is 33.9 Å². The van der Waals surface area contributed by atoms with E-state index in [1.807, 2.05) is 36.4 Å². The zero-order valence-corrected chi connectivity index (χ0v) is 18.6. The largest absolute Gasteiger partial charge is 0.443 e. The lowest BCUT2D eigenvalue weighted by atomic mass is 9.82. The second-order valence-corrected chi connectivity index (χ2v) is 8.36. The number of hydrogen-bond donors (Lipinski definition) is 0. The second kappa shape index (κ2) is 8.88. The van der Waals surface area contributed by atoms with Gasteiger partial charge in [0.15, 0.2) is 12.2 Å². The van der Waals surface area contributed by atoms with Crippen molar-refractivity contribution in [1.82, 2.24) is 9.88 Å². The van der Waals surface area contributed by atoms with E-state index in [1.54, 1.807) is 23.1 Å². The number of aromatic nitrogens is 1. The maximum atomic E-state index is 13.8. The first-order chi connectivity index (χ1) is 15.1. The molecule has 2 aliphatic heterocycles. The maximum Gasteiger partial charge on any atom is 0.251 e. The fraction of sp³-hybridized carbons (Fsp3) is 0.280. The summed E-state index contributed by atoms with van der Waals surface area (Å²) in [6.45, 7) is 3.64. The summed E-state index contributed by atoms with van der Waals surface area (Å²) in [5, 5.41) is 0. The van der Waals surface area contributed by atoms with Crippen LogP contribution in [0.15, 0.2) is 77.6 Å². The number of anilines is 1. The first-order valence-corrected chi connectivity index (χ1v) is 10.6. The highest BCUT2D eigenvalue weighted by Gasteiger charge is 2.46. The summed E-state index contributed by atoms with van der Waals surface area (Å²) in [4.78, 5) is 21.3. The third-order valence-corrected chi connectivity index (χ3v) is 6.40. The summed E-state index contributed by atoms with van der Waals surface area (Å²) >= 11 is 0. The zero-order chi connectivity index (χ0) is 21.4. The number of hydrogen-bond acceptors (Lipinski definition) is 4. The van der Waals surface area contributed by atoms with Crippen LogP contribution < -0.4 is 4.90 Å². The first-order valence-electron chi connectivity index (χ1n) is 10.6. The fourth-order valence-corrected chi connectivity index (χ4v) is 4.88. The van der Waals surface area contributed by atoms with E-state index in [1.165, 1.54) is 18.5 Å². The molecule has 32 heavy (non-hydrogen) atoms. The quantitative estimate of drug-likeness (QED) is 0.542. The number of carbonyl (C=O) groups excluding carboxylic acids is 1. The predicted molar refractivity (Wildman–Crippen MR) is 124 cm³/mol. The van der Waals surface area contributed by atoms with Gasteiger partial charge in [-0.3, -0.25) is 14.6 Å².